The number of nitrogens with one attached hydrogen (secondary N) is 1. The maximum atomic E-state index is 10.5. The molecule has 0 atom stereocenters. The molecule has 1 saturated carbocycles. The van der Waals surface area contributed by atoms with Crippen LogP contribution in [0.25, 0.3) is 0 Å². The summed E-state index contributed by atoms with van der Waals surface area (Å²) in [6.45, 7) is 4.04. The molecule has 0 bridgehead atoms. The Morgan fingerprint density at radius 3 is 2.76 bits per heavy atom. The average Bonchev–Trinajstić information content (AvgIpc) is 2.64. The van der Waals surface area contributed by atoms with Crippen LogP contribution in [0.1, 0.15) is 31.7 Å². The number of nitrogens with zero attached hydrogens (tertiary/aromatic N) is 1. The van der Waals surface area contributed by atoms with Crippen LogP contribution in [-0.2, 0) is 6.54 Å². The van der Waals surface area contributed by atoms with Crippen molar-refractivity contribution >= 4 is 28.7 Å². The maximum Gasteiger partial charge on any atom is 0.324 e. The summed E-state index contributed by atoms with van der Waals surface area (Å²) in [6, 6.07) is 1.65. The van der Waals surface area contributed by atoms with Crippen molar-refractivity contribution in [3.63, 3.8) is 0 Å². The predicted molar refractivity (Wildman–Crippen MR) is 71.9 cm³/mol. The fourth-order valence-corrected chi connectivity index (χ4v) is 2.75. The van der Waals surface area contributed by atoms with Crippen LogP contribution in [0.15, 0.2) is 11.4 Å². The van der Waals surface area contributed by atoms with E-state index in [1.165, 1.54) is 30.6 Å². The van der Waals surface area contributed by atoms with Gasteiger partial charge in [0.1, 0.15) is 0 Å². The molecule has 1 heterocycles. The molecule has 17 heavy (non-hydrogen) atoms. The Hall–Kier alpha value is -0.650. The summed E-state index contributed by atoms with van der Waals surface area (Å²) in [7, 11) is 0. The molecule has 0 radical (unpaired) electrons. The van der Waals surface area contributed by atoms with E-state index in [1.807, 2.05) is 5.38 Å². The van der Waals surface area contributed by atoms with Crippen molar-refractivity contribution in [3.05, 3.63) is 27.1 Å². The van der Waals surface area contributed by atoms with Gasteiger partial charge in [-0.25, -0.2) is 0 Å². The Bertz CT molecular complexity index is 391. The first-order chi connectivity index (χ1) is 7.59. The van der Waals surface area contributed by atoms with Crippen LogP contribution >= 0.6 is 23.7 Å². The Balaban J connectivity index is 0.00000144. The van der Waals surface area contributed by atoms with E-state index in [2.05, 4.69) is 12.2 Å². The van der Waals surface area contributed by atoms with Gasteiger partial charge >= 0.3 is 5.00 Å². The molecule has 1 aromatic rings. The van der Waals surface area contributed by atoms with Gasteiger partial charge in [0.2, 0.25) is 0 Å². The van der Waals surface area contributed by atoms with Gasteiger partial charge in [-0.05, 0) is 23.8 Å². The Kier molecular flexibility index (Phi) is 4.91. The quantitative estimate of drug-likeness (QED) is 0.663. The molecular formula is C11H17ClN2O2S. The van der Waals surface area contributed by atoms with Crippen molar-refractivity contribution in [2.75, 3.05) is 6.54 Å². The lowest BCUT2D eigenvalue weighted by molar-refractivity contribution is -0.380. The summed E-state index contributed by atoms with van der Waals surface area (Å²) >= 11 is 1.20. The molecule has 0 aromatic carbocycles. The summed E-state index contributed by atoms with van der Waals surface area (Å²) < 4.78 is 0. The Morgan fingerprint density at radius 1 is 1.59 bits per heavy atom. The zero-order valence-electron chi connectivity index (χ0n) is 9.77. The lowest BCUT2D eigenvalue weighted by Crippen LogP contribution is -2.36. The standard InChI is InChI=1S/C11H16N2O2S.ClH/c1-11(3-2-4-11)8-12-6-9-5-10(13(14)15)16-7-9;/h5,7,12H,2-4,6,8H2,1H3;1H. The molecule has 1 fully saturated rings. The molecule has 0 amide bonds. The summed E-state index contributed by atoms with van der Waals surface area (Å²) in [4.78, 5) is 10.2. The SMILES string of the molecule is CC1(CNCc2csc([N+](=O)[O-])c2)CCC1.Cl. The van der Waals surface area contributed by atoms with Crippen LogP contribution in [0.2, 0.25) is 0 Å². The van der Waals surface area contributed by atoms with E-state index in [4.69, 9.17) is 0 Å². The molecule has 1 aliphatic carbocycles. The molecule has 1 aromatic heterocycles. The van der Waals surface area contributed by atoms with Crippen molar-refractivity contribution in [1.29, 1.82) is 0 Å². The molecule has 6 heteroatoms. The summed E-state index contributed by atoms with van der Waals surface area (Å²) in [5.74, 6) is 0. The Morgan fingerprint density at radius 2 is 2.29 bits per heavy atom. The van der Waals surface area contributed by atoms with E-state index in [-0.39, 0.29) is 22.3 Å². The lowest BCUT2D eigenvalue weighted by atomic mass is 9.70. The Labute approximate surface area is 111 Å². The number of hydrogen-bond acceptors (Lipinski definition) is 4. The highest BCUT2D eigenvalue weighted by atomic mass is 35.5. The number of thiophene rings is 1. The molecule has 0 aliphatic heterocycles. The molecule has 1 aliphatic rings. The van der Waals surface area contributed by atoms with Gasteiger partial charge in [-0.15, -0.1) is 12.4 Å². The summed E-state index contributed by atoms with van der Waals surface area (Å²) in [6.07, 6.45) is 3.93. The number of halogens is 1. The topological polar surface area (TPSA) is 55.2 Å². The monoisotopic (exact) mass is 276 g/mol. The van der Waals surface area contributed by atoms with E-state index in [9.17, 15) is 10.1 Å². The van der Waals surface area contributed by atoms with E-state index in [1.54, 1.807) is 6.07 Å². The van der Waals surface area contributed by atoms with E-state index in [0.29, 0.717) is 5.41 Å². The van der Waals surface area contributed by atoms with E-state index < -0.39 is 0 Å². The second kappa shape index (κ2) is 5.80. The molecule has 0 saturated heterocycles. The molecule has 2 rings (SSSR count). The van der Waals surface area contributed by atoms with Crippen LogP contribution in [0.4, 0.5) is 5.00 Å². The summed E-state index contributed by atoms with van der Waals surface area (Å²) in [5.41, 5.74) is 1.47. The van der Waals surface area contributed by atoms with E-state index in [0.717, 1.165) is 18.7 Å². The van der Waals surface area contributed by atoms with Gasteiger partial charge < -0.3 is 5.32 Å². The highest BCUT2D eigenvalue weighted by Crippen LogP contribution is 2.39. The average molecular weight is 277 g/mol. The largest absolute Gasteiger partial charge is 0.324 e. The molecule has 0 spiro atoms. The van der Waals surface area contributed by atoms with Crippen molar-refractivity contribution in [2.45, 2.75) is 32.7 Å². The van der Waals surface area contributed by atoms with Gasteiger partial charge in [-0.1, -0.05) is 24.7 Å². The van der Waals surface area contributed by atoms with Gasteiger partial charge in [0.05, 0.1) is 4.92 Å². The third-order valence-corrected chi connectivity index (χ3v) is 4.19. The minimum atomic E-state index is -0.332. The van der Waals surface area contributed by atoms with Gasteiger partial charge in [0.25, 0.3) is 0 Å². The molecule has 4 nitrogen and oxygen atoms in total. The van der Waals surface area contributed by atoms with Crippen molar-refractivity contribution < 1.29 is 4.92 Å². The van der Waals surface area contributed by atoms with Gasteiger partial charge in [-0.2, -0.15) is 0 Å². The molecule has 1 N–H and O–H groups in total. The van der Waals surface area contributed by atoms with Crippen LogP contribution in [0.5, 0.6) is 0 Å². The lowest BCUT2D eigenvalue weighted by Gasteiger charge is -2.38. The van der Waals surface area contributed by atoms with E-state index >= 15 is 0 Å². The third-order valence-electron chi connectivity index (χ3n) is 3.26. The van der Waals surface area contributed by atoms with Crippen LogP contribution in [-0.4, -0.2) is 11.5 Å². The fraction of sp³-hybridized carbons (Fsp3) is 0.636. The molecule has 96 valence electrons. The van der Waals surface area contributed by atoms with Crippen LogP contribution in [0.3, 0.4) is 0 Å². The van der Waals surface area contributed by atoms with Gasteiger partial charge in [0.15, 0.2) is 0 Å². The second-order valence-electron chi connectivity index (χ2n) is 4.82. The predicted octanol–water partition coefficient (Wildman–Crippen LogP) is 3.36. The van der Waals surface area contributed by atoms with Crippen molar-refractivity contribution in [2.24, 2.45) is 5.41 Å². The first kappa shape index (κ1) is 14.4. The van der Waals surface area contributed by atoms with Crippen LogP contribution < -0.4 is 5.32 Å². The van der Waals surface area contributed by atoms with Crippen molar-refractivity contribution in [3.8, 4) is 0 Å². The highest BCUT2D eigenvalue weighted by molar-refractivity contribution is 7.13. The fourth-order valence-electron chi connectivity index (χ4n) is 2.02. The minimum Gasteiger partial charge on any atom is -0.312 e. The zero-order valence-corrected chi connectivity index (χ0v) is 11.4. The van der Waals surface area contributed by atoms with Crippen molar-refractivity contribution in [1.82, 2.24) is 5.32 Å². The number of rotatable bonds is 5. The third kappa shape index (κ3) is 3.66. The smallest absolute Gasteiger partial charge is 0.312 e. The first-order valence-corrected chi connectivity index (χ1v) is 6.40. The van der Waals surface area contributed by atoms with Crippen LogP contribution in [0, 0.1) is 15.5 Å². The highest BCUT2D eigenvalue weighted by Gasteiger charge is 2.30. The molecular weight excluding hydrogens is 260 g/mol. The maximum absolute atomic E-state index is 10.5. The molecule has 0 unspecified atom stereocenters. The first-order valence-electron chi connectivity index (χ1n) is 5.52. The minimum absolute atomic E-state index is 0. The number of nitro groups is 1. The van der Waals surface area contributed by atoms with Gasteiger partial charge in [0, 0.05) is 24.5 Å². The normalized spacial score (nSPS) is 17.0. The number of hydrogen-bond donors (Lipinski definition) is 1. The second-order valence-corrected chi connectivity index (χ2v) is 5.71. The zero-order chi connectivity index (χ0) is 11.6. The summed E-state index contributed by atoms with van der Waals surface area (Å²) in [5, 5.41) is 16.0. The van der Waals surface area contributed by atoms with Gasteiger partial charge in [-0.3, -0.25) is 10.1 Å².